The summed E-state index contributed by atoms with van der Waals surface area (Å²) in [5, 5.41) is 6.77. The van der Waals surface area contributed by atoms with Gasteiger partial charge in [0.15, 0.2) is 5.96 Å². The number of hydrogen-bond donors (Lipinski definition) is 2. The fraction of sp³-hybridized carbons (Fsp3) is 0.688. The van der Waals surface area contributed by atoms with Gasteiger partial charge in [-0.2, -0.15) is 0 Å². The van der Waals surface area contributed by atoms with Gasteiger partial charge in [0.25, 0.3) is 0 Å². The molecule has 22 heavy (non-hydrogen) atoms. The monoisotopic (exact) mass is 436 g/mol. The van der Waals surface area contributed by atoms with Gasteiger partial charge in [-0.25, -0.2) is 4.99 Å². The van der Waals surface area contributed by atoms with Crippen molar-refractivity contribution in [2.24, 2.45) is 4.99 Å². The molecule has 0 radical (unpaired) electrons. The number of nitrogens with one attached hydrogen (secondary N) is 2. The standard InChI is InChI=1S/C16H28N4S.HI/c1-4-17-16(19-12-15-9-6-13(3)21-15)18-10-11-20(5-2)14-7-8-14;/h6,9,14H,4-5,7-8,10-12H2,1-3H3,(H2,17,18,19);1H. The van der Waals surface area contributed by atoms with Gasteiger partial charge in [-0.15, -0.1) is 35.3 Å². The van der Waals surface area contributed by atoms with Crippen molar-refractivity contribution in [1.29, 1.82) is 0 Å². The van der Waals surface area contributed by atoms with Crippen LogP contribution in [0.1, 0.15) is 36.4 Å². The highest BCUT2D eigenvalue weighted by Gasteiger charge is 2.27. The third-order valence-electron chi connectivity index (χ3n) is 3.69. The zero-order valence-electron chi connectivity index (χ0n) is 13.9. The van der Waals surface area contributed by atoms with Crippen molar-refractivity contribution in [3.8, 4) is 0 Å². The molecule has 1 fully saturated rings. The number of nitrogens with zero attached hydrogens (tertiary/aromatic N) is 2. The van der Waals surface area contributed by atoms with Crippen LogP contribution in [-0.2, 0) is 6.54 Å². The van der Waals surface area contributed by atoms with Crippen molar-refractivity contribution >= 4 is 41.3 Å². The van der Waals surface area contributed by atoms with Crippen LogP contribution in [-0.4, -0.2) is 43.1 Å². The largest absolute Gasteiger partial charge is 0.357 e. The zero-order chi connectivity index (χ0) is 15.1. The summed E-state index contributed by atoms with van der Waals surface area (Å²) in [7, 11) is 0. The minimum atomic E-state index is 0. The Labute approximate surface area is 155 Å². The zero-order valence-corrected chi connectivity index (χ0v) is 17.0. The summed E-state index contributed by atoms with van der Waals surface area (Å²) in [6.07, 6.45) is 2.75. The highest BCUT2D eigenvalue weighted by atomic mass is 127. The first-order valence-electron chi connectivity index (χ1n) is 8.04. The van der Waals surface area contributed by atoms with E-state index in [1.54, 1.807) is 0 Å². The van der Waals surface area contributed by atoms with Crippen LogP contribution in [0, 0.1) is 6.92 Å². The summed E-state index contributed by atoms with van der Waals surface area (Å²) in [6.45, 7) is 11.4. The van der Waals surface area contributed by atoms with E-state index >= 15 is 0 Å². The number of aliphatic imine (C=N–C) groups is 1. The van der Waals surface area contributed by atoms with E-state index in [4.69, 9.17) is 0 Å². The maximum Gasteiger partial charge on any atom is 0.191 e. The van der Waals surface area contributed by atoms with Crippen molar-refractivity contribution in [1.82, 2.24) is 15.5 Å². The first-order valence-corrected chi connectivity index (χ1v) is 8.86. The van der Waals surface area contributed by atoms with Crippen LogP contribution >= 0.6 is 35.3 Å². The number of halogens is 1. The van der Waals surface area contributed by atoms with Gasteiger partial charge < -0.3 is 10.6 Å². The summed E-state index contributed by atoms with van der Waals surface area (Å²) in [5.41, 5.74) is 0. The Kier molecular flexibility index (Phi) is 9.35. The Bertz CT molecular complexity index is 457. The van der Waals surface area contributed by atoms with Crippen molar-refractivity contribution in [3.63, 3.8) is 0 Å². The molecular weight excluding hydrogens is 407 g/mol. The predicted octanol–water partition coefficient (Wildman–Crippen LogP) is 3.21. The fourth-order valence-electron chi connectivity index (χ4n) is 2.43. The van der Waals surface area contributed by atoms with E-state index in [-0.39, 0.29) is 24.0 Å². The van der Waals surface area contributed by atoms with E-state index in [0.29, 0.717) is 0 Å². The Morgan fingerprint density at radius 2 is 2.09 bits per heavy atom. The summed E-state index contributed by atoms with van der Waals surface area (Å²) in [6, 6.07) is 5.16. The van der Waals surface area contributed by atoms with E-state index in [1.165, 1.54) is 22.6 Å². The fourth-order valence-corrected chi connectivity index (χ4v) is 3.24. The second-order valence-electron chi connectivity index (χ2n) is 5.49. The number of thiophene rings is 1. The highest BCUT2D eigenvalue weighted by Crippen LogP contribution is 2.25. The molecular formula is C16H29IN4S. The Morgan fingerprint density at radius 1 is 1.32 bits per heavy atom. The maximum atomic E-state index is 4.67. The van der Waals surface area contributed by atoms with Crippen molar-refractivity contribution in [2.75, 3.05) is 26.2 Å². The highest BCUT2D eigenvalue weighted by molar-refractivity contribution is 14.0. The third-order valence-corrected chi connectivity index (χ3v) is 4.68. The molecule has 0 amide bonds. The van der Waals surface area contributed by atoms with E-state index in [2.05, 4.69) is 53.4 Å². The molecule has 0 spiro atoms. The van der Waals surface area contributed by atoms with Crippen LogP contribution in [0.3, 0.4) is 0 Å². The van der Waals surface area contributed by atoms with E-state index in [1.807, 2.05) is 11.3 Å². The lowest BCUT2D eigenvalue weighted by Gasteiger charge is -2.20. The molecule has 0 saturated heterocycles. The molecule has 0 unspecified atom stereocenters. The van der Waals surface area contributed by atoms with Gasteiger partial charge in [0.1, 0.15) is 0 Å². The average Bonchev–Trinajstić information content (AvgIpc) is 3.23. The smallest absolute Gasteiger partial charge is 0.191 e. The number of likely N-dealkylation sites (N-methyl/N-ethyl adjacent to an activating group) is 1. The molecule has 1 aromatic heterocycles. The topological polar surface area (TPSA) is 39.7 Å². The van der Waals surface area contributed by atoms with Gasteiger partial charge in [0, 0.05) is 35.4 Å². The van der Waals surface area contributed by atoms with E-state index < -0.39 is 0 Å². The van der Waals surface area contributed by atoms with E-state index in [9.17, 15) is 0 Å². The number of guanidine groups is 1. The second kappa shape index (κ2) is 10.4. The normalized spacial score (nSPS) is 14.8. The van der Waals surface area contributed by atoms with Crippen LogP contribution in [0.5, 0.6) is 0 Å². The van der Waals surface area contributed by atoms with Crippen molar-refractivity contribution in [2.45, 2.75) is 46.2 Å². The summed E-state index contributed by atoms with van der Waals surface area (Å²) in [4.78, 5) is 9.89. The molecule has 1 saturated carbocycles. The van der Waals surface area contributed by atoms with Crippen molar-refractivity contribution < 1.29 is 0 Å². The summed E-state index contributed by atoms with van der Waals surface area (Å²) in [5.74, 6) is 0.926. The molecule has 1 heterocycles. The quantitative estimate of drug-likeness (QED) is 0.374. The van der Waals surface area contributed by atoms with Gasteiger partial charge in [0.05, 0.1) is 6.54 Å². The first kappa shape index (κ1) is 19.7. The van der Waals surface area contributed by atoms with Gasteiger partial charge >= 0.3 is 0 Å². The number of hydrogen-bond acceptors (Lipinski definition) is 3. The van der Waals surface area contributed by atoms with Crippen LogP contribution in [0.4, 0.5) is 0 Å². The molecule has 126 valence electrons. The van der Waals surface area contributed by atoms with E-state index in [0.717, 1.165) is 44.7 Å². The molecule has 1 aromatic rings. The third kappa shape index (κ3) is 6.83. The van der Waals surface area contributed by atoms with Crippen LogP contribution in [0.15, 0.2) is 17.1 Å². The number of rotatable bonds is 8. The van der Waals surface area contributed by atoms with Crippen molar-refractivity contribution in [3.05, 3.63) is 21.9 Å². The Balaban J connectivity index is 0.00000242. The molecule has 2 rings (SSSR count). The molecule has 6 heteroatoms. The Morgan fingerprint density at radius 3 is 2.64 bits per heavy atom. The van der Waals surface area contributed by atoms with Crippen LogP contribution in [0.25, 0.3) is 0 Å². The minimum Gasteiger partial charge on any atom is -0.357 e. The predicted molar refractivity (Wildman–Crippen MR) is 108 cm³/mol. The SMILES string of the molecule is CCNC(=NCc1ccc(C)s1)NCCN(CC)C1CC1.I. The molecule has 1 aliphatic rings. The molecule has 2 N–H and O–H groups in total. The lowest BCUT2D eigenvalue weighted by molar-refractivity contribution is 0.282. The van der Waals surface area contributed by atoms with Crippen LogP contribution < -0.4 is 10.6 Å². The minimum absolute atomic E-state index is 0. The van der Waals surface area contributed by atoms with Gasteiger partial charge in [-0.3, -0.25) is 4.90 Å². The second-order valence-corrected chi connectivity index (χ2v) is 6.87. The van der Waals surface area contributed by atoms with Crippen LogP contribution in [0.2, 0.25) is 0 Å². The van der Waals surface area contributed by atoms with Gasteiger partial charge in [0.2, 0.25) is 0 Å². The molecule has 4 nitrogen and oxygen atoms in total. The summed E-state index contributed by atoms with van der Waals surface area (Å²) < 4.78 is 0. The lowest BCUT2D eigenvalue weighted by atomic mass is 10.4. The lowest BCUT2D eigenvalue weighted by Crippen LogP contribution is -2.42. The van der Waals surface area contributed by atoms with Gasteiger partial charge in [-0.05, 0) is 45.4 Å². The molecule has 0 aliphatic heterocycles. The molecule has 0 aromatic carbocycles. The Hall–Kier alpha value is -0.340. The molecule has 1 aliphatic carbocycles. The first-order chi connectivity index (χ1) is 10.2. The van der Waals surface area contributed by atoms with Gasteiger partial charge in [-0.1, -0.05) is 6.92 Å². The maximum absolute atomic E-state index is 4.67. The molecule has 0 atom stereocenters. The average molecular weight is 436 g/mol. The molecule has 0 bridgehead atoms. The number of aryl methyl sites for hydroxylation is 1. The summed E-state index contributed by atoms with van der Waals surface area (Å²) >= 11 is 1.82.